The second kappa shape index (κ2) is 8.59. The molecule has 0 aliphatic heterocycles. The fraction of sp³-hybridized carbons (Fsp3) is 0.176. The summed E-state index contributed by atoms with van der Waals surface area (Å²) in [6.45, 7) is 2.02. The Kier molecular flexibility index (Phi) is 6.79. The summed E-state index contributed by atoms with van der Waals surface area (Å²) in [7, 11) is 0. The molecule has 0 aliphatic carbocycles. The first kappa shape index (κ1) is 17.4. The fourth-order valence-electron chi connectivity index (χ4n) is 1.77. The molecule has 0 aliphatic rings. The van der Waals surface area contributed by atoms with Gasteiger partial charge < -0.3 is 15.9 Å². The SMILES string of the molecule is CC(N)Cc1ccccc1.O=C(O)c1cccc(C(=O)O)c1. The van der Waals surface area contributed by atoms with Crippen molar-refractivity contribution in [2.24, 2.45) is 5.73 Å². The molecule has 0 heterocycles. The molecule has 1 unspecified atom stereocenters. The molecule has 0 radical (unpaired) electrons. The molecule has 116 valence electrons. The molecule has 0 fully saturated rings. The average molecular weight is 301 g/mol. The second-order valence-corrected chi connectivity index (χ2v) is 4.86. The molecule has 5 nitrogen and oxygen atoms in total. The Morgan fingerprint density at radius 3 is 1.86 bits per heavy atom. The van der Waals surface area contributed by atoms with E-state index >= 15 is 0 Å². The van der Waals surface area contributed by atoms with Gasteiger partial charge in [0.2, 0.25) is 0 Å². The van der Waals surface area contributed by atoms with Crippen molar-refractivity contribution < 1.29 is 19.8 Å². The highest BCUT2D eigenvalue weighted by Gasteiger charge is 2.06. The summed E-state index contributed by atoms with van der Waals surface area (Å²) >= 11 is 0. The maximum absolute atomic E-state index is 10.4. The zero-order valence-electron chi connectivity index (χ0n) is 12.3. The normalized spacial score (nSPS) is 11.0. The Labute approximate surface area is 129 Å². The monoisotopic (exact) mass is 301 g/mol. The largest absolute Gasteiger partial charge is 0.478 e. The minimum Gasteiger partial charge on any atom is -0.478 e. The standard InChI is InChI=1S/C9H13N.C8H6O4/c1-8(10)7-9-5-3-2-4-6-9;9-7(10)5-2-1-3-6(4-5)8(11)12/h2-6,8H,7,10H2,1H3;1-4H,(H,9,10)(H,11,12). The molecule has 0 amide bonds. The Balaban J connectivity index is 0.000000224. The maximum Gasteiger partial charge on any atom is 0.335 e. The molecular weight excluding hydrogens is 282 g/mol. The van der Waals surface area contributed by atoms with Gasteiger partial charge in [0.05, 0.1) is 11.1 Å². The van der Waals surface area contributed by atoms with E-state index in [9.17, 15) is 9.59 Å². The Morgan fingerprint density at radius 1 is 0.955 bits per heavy atom. The minimum absolute atomic E-state index is 0.0186. The van der Waals surface area contributed by atoms with Crippen LogP contribution >= 0.6 is 0 Å². The molecule has 0 bridgehead atoms. The molecule has 0 aromatic heterocycles. The van der Waals surface area contributed by atoms with Gasteiger partial charge in [-0.25, -0.2) is 9.59 Å². The van der Waals surface area contributed by atoms with Gasteiger partial charge in [-0.15, -0.1) is 0 Å². The minimum atomic E-state index is -1.13. The summed E-state index contributed by atoms with van der Waals surface area (Å²) in [4.78, 5) is 20.8. The van der Waals surface area contributed by atoms with Crippen LogP contribution < -0.4 is 5.73 Å². The van der Waals surface area contributed by atoms with Crippen LogP contribution in [0.1, 0.15) is 33.2 Å². The molecule has 22 heavy (non-hydrogen) atoms. The van der Waals surface area contributed by atoms with E-state index in [1.165, 1.54) is 23.8 Å². The van der Waals surface area contributed by atoms with Crippen LogP contribution in [-0.2, 0) is 6.42 Å². The molecule has 0 spiro atoms. The third-order valence-corrected chi connectivity index (χ3v) is 2.76. The van der Waals surface area contributed by atoms with Crippen LogP contribution in [0.4, 0.5) is 0 Å². The van der Waals surface area contributed by atoms with E-state index in [1.54, 1.807) is 0 Å². The lowest BCUT2D eigenvalue weighted by atomic mass is 10.1. The number of aromatic carboxylic acids is 2. The maximum atomic E-state index is 10.4. The smallest absolute Gasteiger partial charge is 0.335 e. The van der Waals surface area contributed by atoms with E-state index < -0.39 is 11.9 Å². The van der Waals surface area contributed by atoms with Gasteiger partial charge in [0, 0.05) is 6.04 Å². The summed E-state index contributed by atoms with van der Waals surface area (Å²) < 4.78 is 0. The highest BCUT2D eigenvalue weighted by molar-refractivity contribution is 5.93. The van der Waals surface area contributed by atoms with Crippen molar-refractivity contribution in [3.05, 3.63) is 71.3 Å². The fourth-order valence-corrected chi connectivity index (χ4v) is 1.77. The predicted octanol–water partition coefficient (Wildman–Crippen LogP) is 2.66. The van der Waals surface area contributed by atoms with Crippen LogP contribution in [-0.4, -0.2) is 28.2 Å². The van der Waals surface area contributed by atoms with E-state index in [0.717, 1.165) is 12.5 Å². The first-order valence-corrected chi connectivity index (χ1v) is 6.76. The molecule has 1 atom stereocenters. The lowest BCUT2D eigenvalue weighted by Crippen LogP contribution is -2.17. The number of hydrogen-bond donors (Lipinski definition) is 3. The summed E-state index contributed by atoms with van der Waals surface area (Å²) in [6.07, 6.45) is 0.973. The number of nitrogens with two attached hydrogens (primary N) is 1. The van der Waals surface area contributed by atoms with Crippen molar-refractivity contribution >= 4 is 11.9 Å². The first-order valence-electron chi connectivity index (χ1n) is 6.76. The third kappa shape index (κ3) is 6.19. The lowest BCUT2D eigenvalue weighted by Gasteiger charge is -2.02. The van der Waals surface area contributed by atoms with E-state index in [4.69, 9.17) is 15.9 Å². The molecule has 4 N–H and O–H groups in total. The predicted molar refractivity (Wildman–Crippen MR) is 84.2 cm³/mol. The number of rotatable bonds is 4. The van der Waals surface area contributed by atoms with Crippen LogP contribution in [0.25, 0.3) is 0 Å². The lowest BCUT2D eigenvalue weighted by molar-refractivity contribution is 0.0696. The van der Waals surface area contributed by atoms with Crippen LogP contribution in [0.2, 0.25) is 0 Å². The topological polar surface area (TPSA) is 101 Å². The second-order valence-electron chi connectivity index (χ2n) is 4.86. The number of carboxylic acids is 2. The molecule has 0 saturated carbocycles. The number of carbonyl (C=O) groups is 2. The van der Waals surface area contributed by atoms with Crippen LogP contribution in [0.5, 0.6) is 0 Å². The van der Waals surface area contributed by atoms with E-state index in [1.807, 2.05) is 25.1 Å². The number of carboxylic acid groups (broad SMARTS) is 2. The van der Waals surface area contributed by atoms with Crippen molar-refractivity contribution in [1.29, 1.82) is 0 Å². The third-order valence-electron chi connectivity index (χ3n) is 2.76. The van der Waals surface area contributed by atoms with Crippen LogP contribution in [0.3, 0.4) is 0 Å². The van der Waals surface area contributed by atoms with Gasteiger partial charge in [0.1, 0.15) is 0 Å². The average Bonchev–Trinajstić information content (AvgIpc) is 2.48. The number of hydrogen-bond acceptors (Lipinski definition) is 3. The van der Waals surface area contributed by atoms with E-state index in [0.29, 0.717) is 0 Å². The van der Waals surface area contributed by atoms with Gasteiger partial charge in [-0.1, -0.05) is 36.4 Å². The van der Waals surface area contributed by atoms with E-state index in [-0.39, 0.29) is 17.2 Å². The van der Waals surface area contributed by atoms with Crippen molar-refractivity contribution in [2.45, 2.75) is 19.4 Å². The highest BCUT2D eigenvalue weighted by atomic mass is 16.4. The number of benzene rings is 2. The molecule has 0 saturated heterocycles. The van der Waals surface area contributed by atoms with Gasteiger partial charge in [-0.3, -0.25) is 0 Å². The van der Waals surface area contributed by atoms with Crippen molar-refractivity contribution in [1.82, 2.24) is 0 Å². The van der Waals surface area contributed by atoms with Gasteiger partial charge >= 0.3 is 11.9 Å². The molecule has 2 aromatic carbocycles. The van der Waals surface area contributed by atoms with Crippen molar-refractivity contribution in [2.75, 3.05) is 0 Å². The summed E-state index contributed by atoms with van der Waals surface area (Å²) in [5, 5.41) is 17.0. The van der Waals surface area contributed by atoms with E-state index in [2.05, 4.69) is 12.1 Å². The first-order chi connectivity index (χ1) is 10.4. The Morgan fingerprint density at radius 2 is 1.45 bits per heavy atom. The molecule has 5 heteroatoms. The van der Waals surface area contributed by atoms with Gasteiger partial charge in [-0.05, 0) is 37.1 Å². The highest BCUT2D eigenvalue weighted by Crippen LogP contribution is 2.04. The molecule has 2 aromatic rings. The zero-order chi connectivity index (χ0) is 16.5. The summed E-state index contributed by atoms with van der Waals surface area (Å²) in [6, 6.07) is 15.8. The zero-order valence-corrected chi connectivity index (χ0v) is 12.3. The Bertz CT molecular complexity index is 594. The summed E-state index contributed by atoms with van der Waals surface area (Å²) in [5.74, 6) is -2.25. The van der Waals surface area contributed by atoms with Crippen LogP contribution in [0.15, 0.2) is 54.6 Å². The molecular formula is C17H19NO4. The van der Waals surface area contributed by atoms with Gasteiger partial charge in [-0.2, -0.15) is 0 Å². The molecule has 2 rings (SSSR count). The quantitative estimate of drug-likeness (QED) is 0.806. The Hall–Kier alpha value is -2.66. The summed E-state index contributed by atoms with van der Waals surface area (Å²) in [5.41, 5.74) is 6.90. The van der Waals surface area contributed by atoms with Gasteiger partial charge in [0.15, 0.2) is 0 Å². The van der Waals surface area contributed by atoms with Crippen molar-refractivity contribution in [3.8, 4) is 0 Å². The van der Waals surface area contributed by atoms with Crippen LogP contribution in [0, 0.1) is 0 Å². The van der Waals surface area contributed by atoms with Gasteiger partial charge in [0.25, 0.3) is 0 Å². The van der Waals surface area contributed by atoms with Crippen molar-refractivity contribution in [3.63, 3.8) is 0 Å².